The fourth-order valence-electron chi connectivity index (χ4n) is 0.617. The molecule has 9 heavy (non-hydrogen) atoms. The molecule has 0 heterocycles. The van der Waals surface area contributed by atoms with Gasteiger partial charge in [0.2, 0.25) is 0 Å². The first kappa shape index (κ1) is 8.62. The maximum Gasteiger partial charge on any atom is 0.251 e. The van der Waals surface area contributed by atoms with Gasteiger partial charge in [-0.3, -0.25) is 0 Å². The van der Waals surface area contributed by atoms with E-state index in [0.717, 1.165) is 0 Å². The van der Waals surface area contributed by atoms with Crippen molar-refractivity contribution >= 4 is 8.40 Å². The summed E-state index contributed by atoms with van der Waals surface area (Å²) in [7, 11) is 2.15. The Hall–Kier alpha value is -0.383. The lowest BCUT2D eigenvalue weighted by Gasteiger charge is -2.20. The molecule has 0 aliphatic rings. The van der Waals surface area contributed by atoms with Crippen LogP contribution < -0.4 is 9.96 Å². The van der Waals surface area contributed by atoms with Crippen LogP contribution in [0.1, 0.15) is 0 Å². The molecular weight excluding hydrogens is 128 g/mol. The smallest absolute Gasteiger partial charge is 0.251 e. The van der Waals surface area contributed by atoms with Crippen molar-refractivity contribution in [3.05, 3.63) is 24.6 Å². The van der Waals surface area contributed by atoms with Crippen LogP contribution in [0.5, 0.6) is 0 Å². The Kier molecular flexibility index (Phi) is 3.45. The Morgan fingerprint density at radius 1 is 1.11 bits per heavy atom. The SMILES string of the molecule is C=C[Si](C=C)(NC)NC. The van der Waals surface area contributed by atoms with Crippen molar-refractivity contribution in [1.82, 2.24) is 9.96 Å². The van der Waals surface area contributed by atoms with Crippen molar-refractivity contribution in [3.63, 3.8) is 0 Å². The first-order valence-electron chi connectivity index (χ1n) is 2.89. The summed E-state index contributed by atoms with van der Waals surface area (Å²) >= 11 is 0. The highest BCUT2D eigenvalue weighted by molar-refractivity contribution is 6.84. The maximum atomic E-state index is 3.71. The van der Waals surface area contributed by atoms with Gasteiger partial charge in [0, 0.05) is 0 Å². The van der Waals surface area contributed by atoms with Crippen LogP contribution in [0.25, 0.3) is 0 Å². The van der Waals surface area contributed by atoms with Gasteiger partial charge in [-0.25, -0.2) is 0 Å². The van der Waals surface area contributed by atoms with E-state index < -0.39 is 8.40 Å². The molecule has 0 spiro atoms. The van der Waals surface area contributed by atoms with Crippen LogP contribution in [0.4, 0.5) is 0 Å². The molecule has 52 valence electrons. The molecule has 2 nitrogen and oxygen atoms in total. The van der Waals surface area contributed by atoms with E-state index in [-0.39, 0.29) is 0 Å². The van der Waals surface area contributed by atoms with Crippen LogP contribution in [-0.2, 0) is 0 Å². The fraction of sp³-hybridized carbons (Fsp3) is 0.333. The van der Waals surface area contributed by atoms with Crippen LogP contribution >= 0.6 is 0 Å². The summed E-state index contributed by atoms with van der Waals surface area (Å²) in [5.74, 6) is 0. The largest absolute Gasteiger partial charge is 0.322 e. The Morgan fingerprint density at radius 2 is 1.44 bits per heavy atom. The molecule has 0 rings (SSSR count). The first-order valence-corrected chi connectivity index (χ1v) is 5.05. The third kappa shape index (κ3) is 1.78. The molecule has 0 aliphatic carbocycles. The second-order valence-electron chi connectivity index (χ2n) is 1.78. The van der Waals surface area contributed by atoms with Gasteiger partial charge >= 0.3 is 0 Å². The minimum atomic E-state index is -1.66. The molecule has 0 aromatic carbocycles. The van der Waals surface area contributed by atoms with E-state index in [1.165, 1.54) is 0 Å². The lowest BCUT2D eigenvalue weighted by Crippen LogP contribution is -2.56. The molecule has 0 saturated carbocycles. The van der Waals surface area contributed by atoms with Gasteiger partial charge < -0.3 is 9.96 Å². The lowest BCUT2D eigenvalue weighted by molar-refractivity contribution is 1.06. The number of hydrogen-bond acceptors (Lipinski definition) is 2. The summed E-state index contributed by atoms with van der Waals surface area (Å²) in [6.45, 7) is 7.42. The van der Waals surface area contributed by atoms with Gasteiger partial charge in [-0.05, 0) is 14.1 Å². The van der Waals surface area contributed by atoms with Crippen LogP contribution in [0.15, 0.2) is 24.6 Å². The molecule has 0 aromatic rings. The van der Waals surface area contributed by atoms with Crippen molar-refractivity contribution in [2.24, 2.45) is 0 Å². The molecule has 0 aliphatic heterocycles. The summed E-state index contributed by atoms with van der Waals surface area (Å²) in [5.41, 5.74) is 3.81. The molecule has 0 atom stereocenters. The minimum Gasteiger partial charge on any atom is -0.322 e. The van der Waals surface area contributed by atoms with E-state index in [0.29, 0.717) is 0 Å². The third-order valence-corrected chi connectivity index (χ3v) is 4.41. The van der Waals surface area contributed by atoms with Crippen molar-refractivity contribution in [2.75, 3.05) is 14.1 Å². The predicted octanol–water partition coefficient (Wildman–Crippen LogP) is 0.318. The fourth-order valence-corrected chi connectivity index (χ4v) is 1.85. The Balaban J connectivity index is 4.15. The second kappa shape index (κ2) is 3.61. The van der Waals surface area contributed by atoms with Gasteiger partial charge in [0.1, 0.15) is 0 Å². The minimum absolute atomic E-state index is 1.66. The van der Waals surface area contributed by atoms with Gasteiger partial charge in [0.15, 0.2) is 0 Å². The maximum absolute atomic E-state index is 3.71. The molecule has 0 amide bonds. The molecule has 0 aromatic heterocycles. The highest BCUT2D eigenvalue weighted by Crippen LogP contribution is 1.91. The van der Waals surface area contributed by atoms with Crippen molar-refractivity contribution in [2.45, 2.75) is 0 Å². The van der Waals surface area contributed by atoms with Gasteiger partial charge in [-0.2, -0.15) is 0 Å². The monoisotopic (exact) mass is 142 g/mol. The van der Waals surface area contributed by atoms with Crippen LogP contribution in [0.3, 0.4) is 0 Å². The standard InChI is InChI=1S/C6H14N2Si/c1-5-9(6-2,7-3)8-4/h5-8H,1-2H2,3-4H3. The van der Waals surface area contributed by atoms with E-state index in [2.05, 4.69) is 23.1 Å². The first-order chi connectivity index (χ1) is 4.24. The zero-order valence-electron chi connectivity index (χ0n) is 6.07. The highest BCUT2D eigenvalue weighted by Gasteiger charge is 2.20. The zero-order valence-corrected chi connectivity index (χ0v) is 7.07. The second-order valence-corrected chi connectivity index (χ2v) is 5.33. The van der Waals surface area contributed by atoms with Gasteiger partial charge in [-0.15, -0.1) is 13.2 Å². The van der Waals surface area contributed by atoms with E-state index in [9.17, 15) is 0 Å². The summed E-state index contributed by atoms with van der Waals surface area (Å²) < 4.78 is 0. The molecule has 3 heteroatoms. The molecule has 0 radical (unpaired) electrons. The predicted molar refractivity (Wildman–Crippen MR) is 44.3 cm³/mol. The summed E-state index contributed by atoms with van der Waals surface area (Å²) in [5, 5.41) is 0. The van der Waals surface area contributed by atoms with Crippen LogP contribution in [-0.4, -0.2) is 22.5 Å². The molecular formula is C6H14N2Si. The Bertz CT molecular complexity index is 97.6. The van der Waals surface area contributed by atoms with Gasteiger partial charge in [-0.1, -0.05) is 11.4 Å². The normalized spacial score (nSPS) is 10.9. The summed E-state index contributed by atoms with van der Waals surface area (Å²) in [6.07, 6.45) is 0. The van der Waals surface area contributed by atoms with E-state index in [4.69, 9.17) is 0 Å². The van der Waals surface area contributed by atoms with Crippen molar-refractivity contribution in [3.8, 4) is 0 Å². The Morgan fingerprint density at radius 3 is 1.44 bits per heavy atom. The van der Waals surface area contributed by atoms with Crippen molar-refractivity contribution in [1.29, 1.82) is 0 Å². The average Bonchev–Trinajstić information content (AvgIpc) is 1.95. The lowest BCUT2D eigenvalue weighted by atomic mass is 11.2. The van der Waals surface area contributed by atoms with E-state index in [1.54, 1.807) is 0 Å². The molecule has 0 unspecified atom stereocenters. The molecule has 0 bridgehead atoms. The quantitative estimate of drug-likeness (QED) is 0.552. The molecule has 0 fully saturated rings. The van der Waals surface area contributed by atoms with E-state index in [1.807, 2.05) is 25.5 Å². The molecule has 2 N–H and O–H groups in total. The zero-order chi connectivity index (χ0) is 7.33. The number of rotatable bonds is 4. The molecule has 0 saturated heterocycles. The number of hydrogen-bond donors (Lipinski definition) is 2. The highest BCUT2D eigenvalue weighted by atomic mass is 28.3. The average molecular weight is 142 g/mol. The van der Waals surface area contributed by atoms with Crippen LogP contribution in [0, 0.1) is 0 Å². The summed E-state index contributed by atoms with van der Waals surface area (Å²) in [6, 6.07) is 0. The topological polar surface area (TPSA) is 24.1 Å². The third-order valence-electron chi connectivity index (χ3n) is 1.47. The van der Waals surface area contributed by atoms with E-state index >= 15 is 0 Å². The van der Waals surface area contributed by atoms with Crippen molar-refractivity contribution < 1.29 is 0 Å². The van der Waals surface area contributed by atoms with Gasteiger partial charge in [0.25, 0.3) is 8.40 Å². The number of nitrogens with one attached hydrogen (secondary N) is 2. The Labute approximate surface area is 57.8 Å². The van der Waals surface area contributed by atoms with Gasteiger partial charge in [0.05, 0.1) is 0 Å². The van der Waals surface area contributed by atoms with Crippen LogP contribution in [0.2, 0.25) is 0 Å². The summed E-state index contributed by atoms with van der Waals surface area (Å²) in [4.78, 5) is 6.31.